The van der Waals surface area contributed by atoms with Crippen LogP contribution < -0.4 is 5.32 Å². The van der Waals surface area contributed by atoms with Crippen molar-refractivity contribution < 1.29 is 23.5 Å². The molecule has 4 fully saturated rings. The fourth-order valence-corrected chi connectivity index (χ4v) is 8.04. The van der Waals surface area contributed by atoms with Crippen LogP contribution >= 0.6 is 0 Å². The summed E-state index contributed by atoms with van der Waals surface area (Å²) in [4.78, 5) is 2.53. The molecule has 4 saturated heterocycles. The quantitative estimate of drug-likeness (QED) is 0.234. The summed E-state index contributed by atoms with van der Waals surface area (Å²) in [5.74, 6) is 0. The first kappa shape index (κ1) is 35.7. The summed E-state index contributed by atoms with van der Waals surface area (Å²) in [6, 6.07) is 41.9. The van der Waals surface area contributed by atoms with Gasteiger partial charge in [-0.3, -0.25) is 0 Å². The molecular formula is C38H48B4N2O5. The predicted molar refractivity (Wildman–Crippen MR) is 201 cm³/mol. The van der Waals surface area contributed by atoms with Gasteiger partial charge in [0, 0.05) is 12.1 Å². The molecule has 7 nitrogen and oxygen atoms in total. The SMILES string of the molecule is CB1OB(C)OB(C)O1.CB1OC(c2ccccc2)(c2ccccc2)[C@@H]2CCCN12.OC(c1ccccc1)(c1ccccc1)[C@@H]1CCCN1. The van der Waals surface area contributed by atoms with Gasteiger partial charge in [-0.2, -0.15) is 0 Å². The van der Waals surface area contributed by atoms with Crippen LogP contribution in [0, 0.1) is 0 Å². The van der Waals surface area contributed by atoms with Crippen molar-refractivity contribution in [2.24, 2.45) is 0 Å². The summed E-state index contributed by atoms with van der Waals surface area (Å²) < 4.78 is 22.0. The predicted octanol–water partition coefficient (Wildman–Crippen LogP) is 6.62. The van der Waals surface area contributed by atoms with Crippen molar-refractivity contribution in [3.05, 3.63) is 144 Å². The highest BCUT2D eigenvalue weighted by atomic mass is 16.7. The molecule has 49 heavy (non-hydrogen) atoms. The van der Waals surface area contributed by atoms with Crippen LogP contribution in [-0.2, 0) is 29.6 Å². The molecule has 0 spiro atoms. The Morgan fingerprint density at radius 3 is 1.53 bits per heavy atom. The van der Waals surface area contributed by atoms with Gasteiger partial charge in [-0.25, -0.2) is 0 Å². The Morgan fingerprint density at radius 2 is 1.10 bits per heavy atom. The zero-order chi connectivity index (χ0) is 34.3. The van der Waals surface area contributed by atoms with Gasteiger partial charge in [-0.15, -0.1) is 0 Å². The first-order chi connectivity index (χ1) is 23.8. The number of fused-ring (bicyclic) bond motifs is 1. The molecular weight excluding hydrogens is 608 g/mol. The fourth-order valence-electron chi connectivity index (χ4n) is 8.04. The van der Waals surface area contributed by atoms with E-state index in [1.807, 2.05) is 81.1 Å². The molecule has 4 aliphatic heterocycles. The Kier molecular flexibility index (Phi) is 11.8. The van der Waals surface area contributed by atoms with E-state index in [4.69, 9.17) is 18.4 Å². The Labute approximate surface area is 294 Å². The maximum atomic E-state index is 11.4. The highest BCUT2D eigenvalue weighted by Crippen LogP contribution is 2.48. The first-order valence-electron chi connectivity index (χ1n) is 17.9. The molecule has 0 radical (unpaired) electrons. The highest BCUT2D eigenvalue weighted by molar-refractivity contribution is 6.72. The molecule has 252 valence electrons. The van der Waals surface area contributed by atoms with E-state index in [2.05, 4.69) is 77.6 Å². The maximum Gasteiger partial charge on any atom is 0.426 e. The summed E-state index contributed by atoms with van der Waals surface area (Å²) >= 11 is 0. The number of aliphatic hydroxyl groups is 1. The summed E-state index contributed by atoms with van der Waals surface area (Å²) in [5, 5.41) is 14.8. The number of hydrogen-bond acceptors (Lipinski definition) is 7. The Balaban J connectivity index is 0.000000137. The molecule has 0 bridgehead atoms. The second kappa shape index (κ2) is 16.3. The molecule has 8 rings (SSSR count). The zero-order valence-corrected chi connectivity index (χ0v) is 29.3. The molecule has 4 aromatic rings. The summed E-state index contributed by atoms with van der Waals surface area (Å²) in [5.41, 5.74) is 3.20. The molecule has 4 aliphatic rings. The van der Waals surface area contributed by atoms with Gasteiger partial charge in [0.2, 0.25) is 0 Å². The van der Waals surface area contributed by atoms with Crippen LogP contribution in [0.4, 0.5) is 0 Å². The molecule has 0 amide bonds. The molecule has 0 aliphatic carbocycles. The largest absolute Gasteiger partial charge is 0.453 e. The molecule has 4 aromatic carbocycles. The van der Waals surface area contributed by atoms with Crippen molar-refractivity contribution in [2.75, 3.05) is 13.1 Å². The second-order valence-corrected chi connectivity index (χ2v) is 13.3. The Morgan fingerprint density at radius 1 is 0.653 bits per heavy atom. The van der Waals surface area contributed by atoms with E-state index < -0.39 is 5.60 Å². The minimum Gasteiger partial charge on any atom is -0.453 e. The van der Waals surface area contributed by atoms with Gasteiger partial charge in [-0.05, 0) is 88.3 Å². The molecule has 2 atom stereocenters. The van der Waals surface area contributed by atoms with E-state index in [0.717, 1.165) is 37.1 Å². The Hall–Kier alpha value is -3.14. The summed E-state index contributed by atoms with van der Waals surface area (Å²) in [6.45, 7) is 9.88. The van der Waals surface area contributed by atoms with E-state index in [-0.39, 0.29) is 40.0 Å². The van der Waals surface area contributed by atoms with Crippen molar-refractivity contribution in [3.8, 4) is 0 Å². The highest BCUT2D eigenvalue weighted by Gasteiger charge is 2.56. The van der Waals surface area contributed by atoms with E-state index in [1.165, 1.54) is 24.0 Å². The van der Waals surface area contributed by atoms with Crippen molar-refractivity contribution in [1.82, 2.24) is 10.1 Å². The van der Waals surface area contributed by atoms with Gasteiger partial charge in [0.1, 0.15) is 11.2 Å². The Bertz CT molecular complexity index is 1470. The zero-order valence-electron chi connectivity index (χ0n) is 29.3. The smallest absolute Gasteiger partial charge is 0.426 e. The van der Waals surface area contributed by atoms with Crippen LogP contribution in [0.2, 0.25) is 27.3 Å². The maximum absolute atomic E-state index is 11.4. The molecule has 0 aromatic heterocycles. The van der Waals surface area contributed by atoms with Crippen molar-refractivity contribution in [2.45, 2.75) is 76.3 Å². The lowest BCUT2D eigenvalue weighted by atomic mass is 9.74. The van der Waals surface area contributed by atoms with E-state index in [1.54, 1.807) is 0 Å². The lowest BCUT2D eigenvalue weighted by molar-refractivity contribution is 0.0442. The lowest BCUT2D eigenvalue weighted by Gasteiger charge is -2.36. The number of nitrogens with one attached hydrogen (secondary N) is 1. The molecule has 4 heterocycles. The van der Waals surface area contributed by atoms with Crippen molar-refractivity contribution in [3.63, 3.8) is 0 Å². The van der Waals surface area contributed by atoms with Crippen LogP contribution in [0.3, 0.4) is 0 Å². The van der Waals surface area contributed by atoms with Gasteiger partial charge in [0.05, 0.1) is 0 Å². The van der Waals surface area contributed by atoms with Crippen molar-refractivity contribution in [1.29, 1.82) is 0 Å². The third kappa shape index (κ3) is 7.79. The van der Waals surface area contributed by atoms with Gasteiger partial charge in [0.25, 0.3) is 0 Å². The van der Waals surface area contributed by atoms with Crippen LogP contribution in [0.15, 0.2) is 121 Å². The molecule has 2 N–H and O–H groups in total. The topological polar surface area (TPSA) is 72.4 Å². The number of benzene rings is 4. The van der Waals surface area contributed by atoms with Gasteiger partial charge in [0.15, 0.2) is 0 Å². The van der Waals surface area contributed by atoms with Gasteiger partial charge < -0.3 is 33.6 Å². The summed E-state index contributed by atoms with van der Waals surface area (Å²) in [7, 11) is -0.228. The average Bonchev–Trinajstić information content (AvgIpc) is 3.90. The monoisotopic (exact) mass is 656 g/mol. The fraction of sp³-hybridized carbons (Fsp3) is 0.368. The van der Waals surface area contributed by atoms with E-state index >= 15 is 0 Å². The third-order valence-electron chi connectivity index (χ3n) is 10.1. The van der Waals surface area contributed by atoms with Crippen molar-refractivity contribution >= 4 is 28.4 Å². The van der Waals surface area contributed by atoms with Gasteiger partial charge in [-0.1, -0.05) is 121 Å². The van der Waals surface area contributed by atoms with Crippen LogP contribution in [0.1, 0.15) is 47.9 Å². The average molecular weight is 656 g/mol. The first-order valence-corrected chi connectivity index (χ1v) is 17.9. The van der Waals surface area contributed by atoms with Crippen LogP contribution in [-0.4, -0.2) is 63.5 Å². The molecule has 11 heteroatoms. The van der Waals surface area contributed by atoms with E-state index in [9.17, 15) is 5.11 Å². The van der Waals surface area contributed by atoms with Gasteiger partial charge >= 0.3 is 28.4 Å². The number of rotatable bonds is 5. The standard InChI is InChI=1S/C18H20BNO.C17H19NO.C3H9B3O3/c1-19-20-14-8-13-17(20)18(21-19,15-9-4-2-5-10-15)16-11-6-3-7-12-16;19-17(16-12-7-13-18-16,14-8-3-1-4-9-14)15-10-5-2-6-11-15;1-4-7-5(2)9-6(3)8-4/h2-7,9-12,17H,8,13-14H2,1H3;1-6,8-11,16,18-19H,7,12-13H2;1-3H3/t17-;16-;/m00./s1. The third-order valence-corrected chi connectivity index (χ3v) is 10.1. The molecule has 0 unspecified atom stereocenters. The molecule has 0 saturated carbocycles. The van der Waals surface area contributed by atoms with Crippen LogP contribution in [0.25, 0.3) is 0 Å². The number of hydrogen-bond donors (Lipinski definition) is 2. The second-order valence-electron chi connectivity index (χ2n) is 13.3. The summed E-state index contributed by atoms with van der Waals surface area (Å²) in [6.07, 6.45) is 4.58. The minimum atomic E-state index is -0.945. The lowest BCUT2D eigenvalue weighted by Crippen LogP contribution is -2.46. The van der Waals surface area contributed by atoms with E-state index in [0.29, 0.717) is 6.04 Å². The number of nitrogens with zero attached hydrogens (tertiary/aromatic N) is 1. The van der Waals surface area contributed by atoms with Crippen LogP contribution in [0.5, 0.6) is 0 Å². The minimum absolute atomic E-state index is 0.0808. The normalized spacial score (nSPS) is 21.8.